The smallest absolute Gasteiger partial charge is 0.0968 e. The zero-order valence-corrected chi connectivity index (χ0v) is 7.39. The molecule has 0 aliphatic rings. The molecule has 0 saturated carbocycles. The van der Waals surface area contributed by atoms with E-state index in [0.717, 1.165) is 12.0 Å². The molecule has 11 heavy (non-hydrogen) atoms. The van der Waals surface area contributed by atoms with Gasteiger partial charge in [-0.1, -0.05) is 25.2 Å². The van der Waals surface area contributed by atoms with Crippen LogP contribution in [0.1, 0.15) is 27.2 Å². The van der Waals surface area contributed by atoms with Crippen LogP contribution in [0, 0.1) is 0 Å². The van der Waals surface area contributed by atoms with Crippen molar-refractivity contribution >= 4 is 0 Å². The van der Waals surface area contributed by atoms with Gasteiger partial charge in [-0.05, 0) is 31.9 Å². The lowest BCUT2D eigenvalue weighted by molar-refractivity contribution is 0.640. The Bertz CT molecular complexity index is 181. The molecule has 0 aliphatic carbocycles. The molecule has 0 nitrogen and oxygen atoms in total. The Kier molecular flexibility index (Phi) is 5.44. The van der Waals surface area contributed by atoms with Gasteiger partial charge >= 0.3 is 0 Å². The van der Waals surface area contributed by atoms with Gasteiger partial charge in [-0.15, -0.1) is 0 Å². The summed E-state index contributed by atoms with van der Waals surface area (Å²) < 4.78 is 12.2. The monoisotopic (exact) mass is 154 g/mol. The Morgan fingerprint density at radius 1 is 1.36 bits per heavy atom. The summed E-state index contributed by atoms with van der Waals surface area (Å²) in [6.07, 6.45) is 8.17. The fourth-order valence-electron chi connectivity index (χ4n) is 0.727. The molecule has 0 unspecified atom stereocenters. The van der Waals surface area contributed by atoms with Crippen LogP contribution in [0.25, 0.3) is 0 Å². The van der Waals surface area contributed by atoms with E-state index in [9.17, 15) is 4.39 Å². The van der Waals surface area contributed by atoms with Crippen LogP contribution in [0.3, 0.4) is 0 Å². The minimum Gasteiger partial charge on any atom is -0.212 e. The molecule has 0 aliphatic heterocycles. The van der Waals surface area contributed by atoms with Crippen molar-refractivity contribution in [3.05, 3.63) is 35.7 Å². The average molecular weight is 154 g/mol. The second-order valence-corrected chi connectivity index (χ2v) is 2.35. The van der Waals surface area contributed by atoms with Gasteiger partial charge in [0, 0.05) is 0 Å². The normalized spacial score (nSPS) is 14.5. The summed E-state index contributed by atoms with van der Waals surface area (Å²) in [6, 6.07) is 0. The molecule has 0 saturated heterocycles. The molecular formula is C10H15F. The highest BCUT2D eigenvalue weighted by atomic mass is 19.1. The molecule has 0 fully saturated rings. The van der Waals surface area contributed by atoms with Gasteiger partial charge < -0.3 is 0 Å². The maximum atomic E-state index is 12.2. The maximum Gasteiger partial charge on any atom is 0.0968 e. The molecule has 0 amide bonds. The summed E-state index contributed by atoms with van der Waals surface area (Å²) in [4.78, 5) is 0. The highest BCUT2D eigenvalue weighted by Crippen LogP contribution is 2.04. The standard InChI is InChI=1S/C10H15F/c1-4-6-10(5-2)8-7-9(3)11/h4,6-8H,5H2,1-3H3/b6-4+,9-7+,10-8-. The predicted octanol–water partition coefficient (Wildman–Crippen LogP) is 3.77. The lowest BCUT2D eigenvalue weighted by Gasteiger charge is -1.92. The fraction of sp³-hybridized carbons (Fsp3) is 0.400. The first kappa shape index (κ1) is 10.2. The van der Waals surface area contributed by atoms with Gasteiger partial charge in [0.2, 0.25) is 0 Å². The molecule has 0 spiro atoms. The highest BCUT2D eigenvalue weighted by molar-refractivity contribution is 5.23. The van der Waals surface area contributed by atoms with Gasteiger partial charge in [0.15, 0.2) is 0 Å². The molecule has 0 N–H and O–H groups in total. The molecular weight excluding hydrogens is 139 g/mol. The van der Waals surface area contributed by atoms with Crippen molar-refractivity contribution in [2.45, 2.75) is 27.2 Å². The second-order valence-electron chi connectivity index (χ2n) is 2.35. The Morgan fingerprint density at radius 3 is 2.36 bits per heavy atom. The summed E-state index contributed by atoms with van der Waals surface area (Å²) in [5.74, 6) is -0.152. The molecule has 0 aromatic carbocycles. The van der Waals surface area contributed by atoms with E-state index in [2.05, 4.69) is 0 Å². The van der Waals surface area contributed by atoms with Gasteiger partial charge in [0.1, 0.15) is 0 Å². The summed E-state index contributed by atoms with van der Waals surface area (Å²) in [6.45, 7) is 5.45. The SMILES string of the molecule is C/C=C/C(=C\C=C(/C)F)CC. The van der Waals surface area contributed by atoms with Crippen LogP contribution in [0.4, 0.5) is 4.39 Å². The van der Waals surface area contributed by atoms with E-state index in [4.69, 9.17) is 0 Å². The van der Waals surface area contributed by atoms with Crippen molar-refractivity contribution in [3.8, 4) is 0 Å². The van der Waals surface area contributed by atoms with Crippen molar-refractivity contribution in [3.63, 3.8) is 0 Å². The van der Waals surface area contributed by atoms with Crippen LogP contribution in [0.2, 0.25) is 0 Å². The minimum absolute atomic E-state index is 0.152. The molecule has 0 aromatic heterocycles. The van der Waals surface area contributed by atoms with Gasteiger partial charge in [-0.3, -0.25) is 0 Å². The first-order chi connectivity index (χ1) is 5.20. The largest absolute Gasteiger partial charge is 0.212 e. The first-order valence-electron chi connectivity index (χ1n) is 3.86. The van der Waals surface area contributed by atoms with Crippen LogP contribution in [-0.4, -0.2) is 0 Å². The molecule has 0 heterocycles. The van der Waals surface area contributed by atoms with Crippen LogP contribution in [0.15, 0.2) is 35.7 Å². The molecule has 0 bridgehead atoms. The lowest BCUT2D eigenvalue weighted by atomic mass is 10.2. The summed E-state index contributed by atoms with van der Waals surface area (Å²) in [5.41, 5.74) is 1.14. The Morgan fingerprint density at radius 2 is 2.00 bits per heavy atom. The predicted molar refractivity (Wildman–Crippen MR) is 48.1 cm³/mol. The van der Waals surface area contributed by atoms with Gasteiger partial charge in [-0.2, -0.15) is 0 Å². The second kappa shape index (κ2) is 5.90. The fourth-order valence-corrected chi connectivity index (χ4v) is 0.727. The Labute approximate surface area is 68.1 Å². The third-order valence-corrected chi connectivity index (χ3v) is 1.32. The molecule has 1 heteroatoms. The van der Waals surface area contributed by atoms with Crippen molar-refractivity contribution in [1.82, 2.24) is 0 Å². The molecule has 0 aromatic rings. The van der Waals surface area contributed by atoms with Gasteiger partial charge in [-0.25, -0.2) is 4.39 Å². The maximum absolute atomic E-state index is 12.2. The molecule has 0 rings (SSSR count). The van der Waals surface area contributed by atoms with Crippen molar-refractivity contribution < 1.29 is 4.39 Å². The third-order valence-electron chi connectivity index (χ3n) is 1.32. The van der Waals surface area contributed by atoms with Gasteiger partial charge in [0.25, 0.3) is 0 Å². The lowest BCUT2D eigenvalue weighted by Crippen LogP contribution is -1.72. The third kappa shape index (κ3) is 5.59. The van der Waals surface area contributed by atoms with Crippen LogP contribution in [-0.2, 0) is 0 Å². The molecule has 0 atom stereocenters. The Hall–Kier alpha value is -0.850. The van der Waals surface area contributed by atoms with E-state index in [1.54, 1.807) is 6.08 Å². The number of allylic oxidation sites excluding steroid dienone is 6. The summed E-state index contributed by atoms with van der Waals surface area (Å²) >= 11 is 0. The van der Waals surface area contributed by atoms with Crippen molar-refractivity contribution in [2.75, 3.05) is 0 Å². The topological polar surface area (TPSA) is 0 Å². The zero-order valence-electron chi connectivity index (χ0n) is 7.39. The van der Waals surface area contributed by atoms with E-state index in [0.29, 0.717) is 0 Å². The number of hydrogen-bond acceptors (Lipinski definition) is 0. The van der Waals surface area contributed by atoms with Crippen LogP contribution >= 0.6 is 0 Å². The van der Waals surface area contributed by atoms with E-state index >= 15 is 0 Å². The van der Waals surface area contributed by atoms with E-state index in [-0.39, 0.29) is 5.83 Å². The van der Waals surface area contributed by atoms with Gasteiger partial charge in [0.05, 0.1) is 5.83 Å². The van der Waals surface area contributed by atoms with Crippen molar-refractivity contribution in [1.29, 1.82) is 0 Å². The van der Waals surface area contributed by atoms with Crippen molar-refractivity contribution in [2.24, 2.45) is 0 Å². The number of hydrogen-bond donors (Lipinski definition) is 0. The first-order valence-corrected chi connectivity index (χ1v) is 3.86. The van der Waals surface area contributed by atoms with E-state index in [1.165, 1.54) is 13.0 Å². The summed E-state index contributed by atoms with van der Waals surface area (Å²) in [5, 5.41) is 0. The number of rotatable bonds is 3. The molecule has 62 valence electrons. The Balaban J connectivity index is 4.24. The molecule has 0 radical (unpaired) electrons. The quantitative estimate of drug-likeness (QED) is 0.543. The average Bonchev–Trinajstić information content (AvgIpc) is 1.97. The minimum atomic E-state index is -0.152. The number of halogens is 1. The highest BCUT2D eigenvalue weighted by Gasteiger charge is 1.84. The summed E-state index contributed by atoms with van der Waals surface area (Å²) in [7, 11) is 0. The van der Waals surface area contributed by atoms with E-state index < -0.39 is 0 Å². The van der Waals surface area contributed by atoms with E-state index in [1.807, 2.05) is 26.0 Å². The van der Waals surface area contributed by atoms with Crippen LogP contribution < -0.4 is 0 Å². The van der Waals surface area contributed by atoms with Crippen LogP contribution in [0.5, 0.6) is 0 Å². The zero-order chi connectivity index (χ0) is 8.69.